The van der Waals surface area contributed by atoms with Gasteiger partial charge < -0.3 is 9.47 Å². The minimum Gasteiger partial charge on any atom is -0.432 e. The molecule has 7 atom stereocenters. The highest BCUT2D eigenvalue weighted by Gasteiger charge is 2.70. The molecule has 2 bridgehead atoms. The summed E-state index contributed by atoms with van der Waals surface area (Å²) < 4.78 is 11.8. The molecule has 0 N–H and O–H groups in total. The van der Waals surface area contributed by atoms with Crippen LogP contribution in [0.2, 0.25) is 0 Å². The lowest BCUT2D eigenvalue weighted by molar-refractivity contribution is -0.559. The second-order valence-electron chi connectivity index (χ2n) is 7.74. The molecule has 0 amide bonds. The average molecular weight is 310 g/mol. The number of hydrogen-bond donors (Lipinski definition) is 0. The van der Waals surface area contributed by atoms with Crippen molar-refractivity contribution in [2.24, 2.45) is 23.7 Å². The number of rotatable bonds is 2. The number of carbonyl (C=O) groups excluding carboxylic acids is 1. The van der Waals surface area contributed by atoms with Crippen molar-refractivity contribution in [3.05, 3.63) is 0 Å². The van der Waals surface area contributed by atoms with E-state index in [1.807, 2.05) is 6.92 Å². The van der Waals surface area contributed by atoms with Crippen LogP contribution in [0.1, 0.15) is 59.3 Å². The summed E-state index contributed by atoms with van der Waals surface area (Å²) in [7, 11) is 0. The minimum atomic E-state index is -0.796. The number of hydrogen-bond acceptors (Lipinski definition) is 5. The topological polar surface area (TPSA) is 54.0 Å². The van der Waals surface area contributed by atoms with E-state index in [1.54, 1.807) is 0 Å². The maximum atomic E-state index is 12.5. The zero-order valence-electron chi connectivity index (χ0n) is 13.7. The van der Waals surface area contributed by atoms with Crippen molar-refractivity contribution >= 4 is 5.97 Å². The number of ether oxygens (including phenoxy) is 2. The Morgan fingerprint density at radius 1 is 1.18 bits per heavy atom. The fraction of sp³-hybridized carbons (Fsp3) is 0.941. The van der Waals surface area contributed by atoms with Gasteiger partial charge in [-0.15, -0.1) is 0 Å². The van der Waals surface area contributed by atoms with E-state index in [0.29, 0.717) is 11.8 Å². The van der Waals surface area contributed by atoms with Crippen LogP contribution in [0.25, 0.3) is 0 Å². The third-order valence-corrected chi connectivity index (χ3v) is 6.39. The maximum Gasteiger partial charge on any atom is 0.311 e. The van der Waals surface area contributed by atoms with E-state index in [4.69, 9.17) is 19.2 Å². The van der Waals surface area contributed by atoms with E-state index in [9.17, 15) is 4.79 Å². The predicted octanol–water partition coefficient (Wildman–Crippen LogP) is 3.18. The van der Waals surface area contributed by atoms with Gasteiger partial charge >= 0.3 is 5.97 Å². The monoisotopic (exact) mass is 310 g/mol. The number of esters is 1. The quantitative estimate of drug-likeness (QED) is 0.579. The van der Waals surface area contributed by atoms with Crippen LogP contribution in [0.4, 0.5) is 0 Å². The molecule has 1 spiro atoms. The van der Waals surface area contributed by atoms with Crippen LogP contribution < -0.4 is 0 Å². The molecule has 4 saturated heterocycles. The maximum absolute atomic E-state index is 12.5. The molecule has 1 aliphatic carbocycles. The lowest BCUT2D eigenvalue weighted by Crippen LogP contribution is -2.70. The van der Waals surface area contributed by atoms with E-state index < -0.39 is 17.7 Å². The second-order valence-corrected chi connectivity index (χ2v) is 7.74. The molecular formula is C17H26O5. The highest BCUT2D eigenvalue weighted by molar-refractivity contribution is 5.74. The molecule has 0 aromatic carbocycles. The van der Waals surface area contributed by atoms with Gasteiger partial charge in [0.1, 0.15) is 0 Å². The first kappa shape index (κ1) is 14.9. The van der Waals surface area contributed by atoms with Crippen LogP contribution in [0.15, 0.2) is 0 Å². The van der Waals surface area contributed by atoms with E-state index in [-0.39, 0.29) is 17.8 Å². The summed E-state index contributed by atoms with van der Waals surface area (Å²) in [5.74, 6) is -0.00225. The van der Waals surface area contributed by atoms with Crippen LogP contribution >= 0.6 is 0 Å². The molecule has 5 aliphatic rings. The Hall–Kier alpha value is -0.650. The van der Waals surface area contributed by atoms with Gasteiger partial charge in [0.15, 0.2) is 5.60 Å². The van der Waals surface area contributed by atoms with Gasteiger partial charge in [0.2, 0.25) is 12.1 Å². The first-order chi connectivity index (χ1) is 10.5. The molecule has 4 aliphatic heterocycles. The van der Waals surface area contributed by atoms with Crippen molar-refractivity contribution in [1.29, 1.82) is 0 Å². The highest BCUT2D eigenvalue weighted by atomic mass is 17.3. The molecule has 5 rings (SSSR count). The first-order valence-electron chi connectivity index (χ1n) is 8.75. The molecule has 5 heteroatoms. The Bertz CT molecular complexity index is 480. The van der Waals surface area contributed by atoms with Crippen molar-refractivity contribution in [3.8, 4) is 0 Å². The summed E-state index contributed by atoms with van der Waals surface area (Å²) in [5.41, 5.74) is -0.610. The van der Waals surface area contributed by atoms with Gasteiger partial charge in [-0.05, 0) is 38.5 Å². The van der Waals surface area contributed by atoms with Gasteiger partial charge in [-0.25, -0.2) is 9.78 Å². The van der Waals surface area contributed by atoms with Crippen LogP contribution in [0.5, 0.6) is 0 Å². The molecule has 5 fully saturated rings. The lowest BCUT2D eigenvalue weighted by Gasteiger charge is -2.58. The number of fused-ring (bicyclic) bond motifs is 2. The molecule has 5 nitrogen and oxygen atoms in total. The summed E-state index contributed by atoms with van der Waals surface area (Å²) in [6.07, 6.45) is 5.10. The molecule has 0 aromatic rings. The van der Waals surface area contributed by atoms with Crippen LogP contribution in [0, 0.1) is 23.7 Å². The van der Waals surface area contributed by atoms with E-state index in [1.165, 1.54) is 0 Å². The van der Waals surface area contributed by atoms with Gasteiger partial charge in [-0.3, -0.25) is 4.79 Å². The van der Waals surface area contributed by atoms with Gasteiger partial charge in [-0.2, -0.15) is 0 Å². The van der Waals surface area contributed by atoms with E-state index in [2.05, 4.69) is 13.8 Å². The Morgan fingerprint density at radius 3 is 2.77 bits per heavy atom. The highest BCUT2D eigenvalue weighted by Crippen LogP contribution is 2.60. The van der Waals surface area contributed by atoms with Crippen molar-refractivity contribution in [3.63, 3.8) is 0 Å². The predicted molar refractivity (Wildman–Crippen MR) is 77.3 cm³/mol. The molecule has 124 valence electrons. The molecule has 1 unspecified atom stereocenters. The Morgan fingerprint density at radius 2 is 2.00 bits per heavy atom. The molecule has 0 aromatic heterocycles. The lowest BCUT2D eigenvalue weighted by atomic mass is 9.57. The Labute approximate surface area is 131 Å². The summed E-state index contributed by atoms with van der Waals surface area (Å²) >= 11 is 0. The average Bonchev–Trinajstić information content (AvgIpc) is 2.70. The molecule has 4 heterocycles. The van der Waals surface area contributed by atoms with E-state index >= 15 is 0 Å². The second kappa shape index (κ2) is 4.92. The van der Waals surface area contributed by atoms with Crippen molar-refractivity contribution < 1.29 is 24.0 Å². The third-order valence-electron chi connectivity index (χ3n) is 6.39. The fourth-order valence-corrected chi connectivity index (χ4v) is 5.25. The van der Waals surface area contributed by atoms with Gasteiger partial charge in [0.05, 0.1) is 5.92 Å². The number of carbonyl (C=O) groups is 1. The Kier molecular flexibility index (Phi) is 3.34. The van der Waals surface area contributed by atoms with Crippen LogP contribution in [0.3, 0.4) is 0 Å². The SMILES string of the molecule is CCC[C@H]1C(=O)O[C@@H]2O[C@@]3(C)CCC4[C@H](C)CC[C@@H]1[C@]42OO3. The standard InChI is InChI=1S/C17H26O5/c1-4-5-11-13-7-6-10(2)12-8-9-16(3)20-15(19-14(11)18)17(12,13)22-21-16/h10-13,15H,4-9H2,1-3H3/t10-,11-,12?,13+,15-,16-,17-/m1/s1. The van der Waals surface area contributed by atoms with Crippen molar-refractivity contribution in [2.75, 3.05) is 0 Å². The van der Waals surface area contributed by atoms with Crippen LogP contribution in [-0.4, -0.2) is 23.6 Å². The van der Waals surface area contributed by atoms with Crippen LogP contribution in [-0.2, 0) is 24.0 Å². The van der Waals surface area contributed by atoms with Gasteiger partial charge in [-0.1, -0.05) is 20.3 Å². The summed E-state index contributed by atoms with van der Waals surface area (Å²) in [4.78, 5) is 24.3. The molecule has 1 saturated carbocycles. The molecule has 0 radical (unpaired) electrons. The third kappa shape index (κ3) is 1.85. The van der Waals surface area contributed by atoms with Crippen molar-refractivity contribution in [1.82, 2.24) is 0 Å². The minimum absolute atomic E-state index is 0.0918. The summed E-state index contributed by atoms with van der Waals surface area (Å²) in [6, 6.07) is 0. The van der Waals surface area contributed by atoms with E-state index in [0.717, 1.165) is 38.5 Å². The smallest absolute Gasteiger partial charge is 0.311 e. The van der Waals surface area contributed by atoms with Crippen molar-refractivity contribution in [2.45, 2.75) is 77.0 Å². The summed E-state index contributed by atoms with van der Waals surface area (Å²) in [5, 5.41) is 0. The Balaban J connectivity index is 1.79. The zero-order chi connectivity index (χ0) is 15.5. The normalized spacial score (nSPS) is 53.6. The zero-order valence-corrected chi connectivity index (χ0v) is 13.7. The van der Waals surface area contributed by atoms with Gasteiger partial charge in [0, 0.05) is 18.3 Å². The summed E-state index contributed by atoms with van der Waals surface area (Å²) in [6.45, 7) is 6.27. The molecule has 22 heavy (non-hydrogen) atoms. The molecular weight excluding hydrogens is 284 g/mol. The largest absolute Gasteiger partial charge is 0.432 e. The fourth-order valence-electron chi connectivity index (χ4n) is 5.25. The first-order valence-corrected chi connectivity index (χ1v) is 8.75. The van der Waals surface area contributed by atoms with Gasteiger partial charge in [0.25, 0.3) is 0 Å².